The van der Waals surface area contributed by atoms with Gasteiger partial charge in [-0.3, -0.25) is 9.79 Å². The Kier molecular flexibility index (Phi) is 3.32. The summed E-state index contributed by atoms with van der Waals surface area (Å²) in [5.74, 6) is 0.0453. The van der Waals surface area contributed by atoms with E-state index in [4.69, 9.17) is 0 Å². The molecule has 0 saturated carbocycles. The summed E-state index contributed by atoms with van der Waals surface area (Å²) in [6.07, 6.45) is 3.71. The van der Waals surface area contributed by atoms with Crippen LogP contribution in [0.3, 0.4) is 0 Å². The number of aliphatic hydroxyl groups is 1. The molecule has 0 fully saturated rings. The van der Waals surface area contributed by atoms with Gasteiger partial charge < -0.3 is 5.11 Å². The van der Waals surface area contributed by atoms with Gasteiger partial charge in [0.15, 0.2) is 0 Å². The van der Waals surface area contributed by atoms with Crippen molar-refractivity contribution in [2.75, 3.05) is 0 Å². The maximum atomic E-state index is 12.6. The van der Waals surface area contributed by atoms with Crippen molar-refractivity contribution >= 4 is 11.5 Å². The average Bonchev–Trinajstić information content (AvgIpc) is 2.90. The van der Waals surface area contributed by atoms with E-state index >= 15 is 0 Å². The van der Waals surface area contributed by atoms with Crippen LogP contribution in [0.5, 0.6) is 0 Å². The summed E-state index contributed by atoms with van der Waals surface area (Å²) >= 11 is 0. The number of aliphatic imine (C=N–C) groups is 1. The highest BCUT2D eigenvalue weighted by Gasteiger charge is 2.40. The third-order valence-electron chi connectivity index (χ3n) is 4.74. The molecular formula is C19H21NO2. The van der Waals surface area contributed by atoms with Crippen LogP contribution in [0, 0.1) is 0 Å². The first-order valence-corrected chi connectivity index (χ1v) is 7.72. The van der Waals surface area contributed by atoms with Crippen LogP contribution in [0.1, 0.15) is 47.5 Å². The van der Waals surface area contributed by atoms with Crippen molar-refractivity contribution in [1.82, 2.24) is 0 Å². The highest BCUT2D eigenvalue weighted by Crippen LogP contribution is 2.44. The number of Topliss-reactive ketones (excluding diaryl/α,β-unsaturated/α-hetero) is 1. The molecule has 0 amide bonds. The van der Waals surface area contributed by atoms with Gasteiger partial charge in [0.2, 0.25) is 5.78 Å². The summed E-state index contributed by atoms with van der Waals surface area (Å²) in [5.41, 5.74) is 7.92. The van der Waals surface area contributed by atoms with E-state index in [-0.39, 0.29) is 11.5 Å². The quantitative estimate of drug-likeness (QED) is 0.762. The number of ketones is 1. The van der Waals surface area contributed by atoms with Crippen LogP contribution < -0.4 is 0 Å². The highest BCUT2D eigenvalue weighted by molar-refractivity contribution is 6.23. The number of hydrogen-bond donors (Lipinski definition) is 1. The molecule has 0 aromatic heterocycles. The van der Waals surface area contributed by atoms with E-state index in [0.29, 0.717) is 16.8 Å². The zero-order valence-corrected chi connectivity index (χ0v) is 13.8. The van der Waals surface area contributed by atoms with Crippen molar-refractivity contribution < 1.29 is 9.90 Å². The Bertz CT molecular complexity index is 795. The molecule has 114 valence electrons. The highest BCUT2D eigenvalue weighted by atomic mass is 16.3. The predicted molar refractivity (Wildman–Crippen MR) is 88.9 cm³/mol. The Morgan fingerprint density at radius 3 is 2.32 bits per heavy atom. The maximum Gasteiger partial charge on any atom is 0.203 e. The van der Waals surface area contributed by atoms with Gasteiger partial charge in [-0.2, -0.15) is 0 Å². The number of allylic oxidation sites excluding steroid dienone is 8. The minimum absolute atomic E-state index is 0.0711. The van der Waals surface area contributed by atoms with Crippen molar-refractivity contribution in [3.8, 4) is 0 Å². The van der Waals surface area contributed by atoms with E-state index in [1.54, 1.807) is 0 Å². The Labute approximate surface area is 131 Å². The number of carbonyl (C=O) groups excluding carboxylic acids is 1. The number of rotatable bonds is 2. The lowest BCUT2D eigenvalue weighted by atomic mass is 9.79. The normalized spacial score (nSPS) is 25.2. The topological polar surface area (TPSA) is 49.7 Å². The van der Waals surface area contributed by atoms with Gasteiger partial charge in [-0.25, -0.2) is 0 Å². The maximum absolute atomic E-state index is 12.6. The fourth-order valence-electron chi connectivity index (χ4n) is 3.61. The van der Waals surface area contributed by atoms with Gasteiger partial charge in [-0.1, -0.05) is 18.6 Å². The van der Waals surface area contributed by atoms with E-state index < -0.39 is 0 Å². The van der Waals surface area contributed by atoms with Gasteiger partial charge >= 0.3 is 0 Å². The van der Waals surface area contributed by atoms with Crippen LogP contribution in [0.15, 0.2) is 61.5 Å². The van der Waals surface area contributed by atoms with Gasteiger partial charge in [-0.15, -0.1) is 0 Å². The molecule has 3 rings (SSSR count). The van der Waals surface area contributed by atoms with Crippen LogP contribution in [0.4, 0.5) is 0 Å². The fraction of sp³-hybridized carbons (Fsp3) is 0.368. The van der Waals surface area contributed by atoms with Crippen molar-refractivity contribution in [2.24, 2.45) is 4.99 Å². The number of carbonyl (C=O) groups is 1. The van der Waals surface area contributed by atoms with E-state index in [1.165, 1.54) is 11.1 Å². The molecule has 3 nitrogen and oxygen atoms in total. The zero-order chi connectivity index (χ0) is 16.2. The average molecular weight is 295 g/mol. The molecule has 0 unspecified atom stereocenters. The molecule has 0 aromatic rings. The molecule has 0 atom stereocenters. The molecule has 1 heterocycles. The van der Waals surface area contributed by atoms with E-state index in [9.17, 15) is 9.90 Å². The first-order valence-electron chi connectivity index (χ1n) is 7.72. The fourth-order valence-corrected chi connectivity index (χ4v) is 3.61. The van der Waals surface area contributed by atoms with Gasteiger partial charge in [-0.05, 0) is 62.8 Å². The van der Waals surface area contributed by atoms with Gasteiger partial charge in [0.25, 0.3) is 0 Å². The lowest BCUT2D eigenvalue weighted by molar-refractivity contribution is -0.113. The molecule has 1 aliphatic heterocycles. The largest absolute Gasteiger partial charge is 0.506 e. The van der Waals surface area contributed by atoms with Crippen LogP contribution in [-0.4, -0.2) is 16.6 Å². The molecule has 1 N–H and O–H groups in total. The summed E-state index contributed by atoms with van der Waals surface area (Å²) in [6, 6.07) is 0. The summed E-state index contributed by atoms with van der Waals surface area (Å²) in [4.78, 5) is 17.1. The number of aliphatic hydroxyl groups excluding tert-OH is 1. The molecular weight excluding hydrogens is 274 g/mol. The minimum atomic E-state index is -0.0711. The second kappa shape index (κ2) is 4.94. The van der Waals surface area contributed by atoms with Crippen molar-refractivity contribution in [3.63, 3.8) is 0 Å². The van der Waals surface area contributed by atoms with Gasteiger partial charge in [0.1, 0.15) is 5.76 Å². The summed E-state index contributed by atoms with van der Waals surface area (Å²) in [6.45, 7) is 10.0. The molecule has 3 heteroatoms. The molecule has 0 radical (unpaired) electrons. The third kappa shape index (κ3) is 1.88. The van der Waals surface area contributed by atoms with Gasteiger partial charge in [0, 0.05) is 5.71 Å². The second-order valence-corrected chi connectivity index (χ2v) is 6.26. The number of hydrogen-bond acceptors (Lipinski definition) is 3. The summed E-state index contributed by atoms with van der Waals surface area (Å²) in [5, 5.41) is 10.5. The van der Waals surface area contributed by atoms with E-state index in [2.05, 4.69) is 18.0 Å². The molecule has 0 saturated heterocycles. The van der Waals surface area contributed by atoms with Gasteiger partial charge in [0.05, 0.1) is 16.8 Å². The lowest BCUT2D eigenvalue weighted by Gasteiger charge is -2.24. The summed E-state index contributed by atoms with van der Waals surface area (Å²) < 4.78 is 0. The SMILES string of the molecule is CCC1=C(C)C(=C2C(=O)C(C3=C(C)C=C(C)C3)=C2O)N=C1C. The first-order chi connectivity index (χ1) is 10.4. The molecule has 0 spiro atoms. The molecule has 2 aliphatic carbocycles. The van der Waals surface area contributed by atoms with Crippen LogP contribution >= 0.6 is 0 Å². The molecule has 3 aliphatic rings. The van der Waals surface area contributed by atoms with Crippen molar-refractivity contribution in [1.29, 1.82) is 0 Å². The first kappa shape index (κ1) is 14.8. The third-order valence-corrected chi connectivity index (χ3v) is 4.74. The lowest BCUT2D eigenvalue weighted by Crippen LogP contribution is -2.25. The predicted octanol–water partition coefficient (Wildman–Crippen LogP) is 4.50. The molecule has 0 bridgehead atoms. The number of nitrogens with zero attached hydrogens (tertiary/aromatic N) is 1. The smallest absolute Gasteiger partial charge is 0.203 e. The second-order valence-electron chi connectivity index (χ2n) is 6.26. The standard InChI is InChI=1S/C19H21NO2/c1-6-13-11(4)17(20-12(13)5)16-18(21)15(19(16)22)14-8-9(2)7-10(14)3/h7,21H,6,8H2,1-5H3. The van der Waals surface area contributed by atoms with E-state index in [1.807, 2.05) is 27.7 Å². The van der Waals surface area contributed by atoms with Crippen LogP contribution in [0.2, 0.25) is 0 Å². The zero-order valence-electron chi connectivity index (χ0n) is 13.8. The van der Waals surface area contributed by atoms with Crippen LogP contribution in [0.25, 0.3) is 0 Å². The Morgan fingerprint density at radius 2 is 1.86 bits per heavy atom. The monoisotopic (exact) mass is 295 g/mol. The Hall–Kier alpha value is -2.16. The van der Waals surface area contributed by atoms with Crippen LogP contribution in [-0.2, 0) is 4.79 Å². The summed E-state index contributed by atoms with van der Waals surface area (Å²) in [7, 11) is 0. The minimum Gasteiger partial charge on any atom is -0.506 e. The van der Waals surface area contributed by atoms with Crippen molar-refractivity contribution in [3.05, 3.63) is 56.5 Å². The Morgan fingerprint density at radius 1 is 1.18 bits per heavy atom. The molecule has 22 heavy (non-hydrogen) atoms. The Balaban J connectivity index is 2.09. The molecule has 0 aromatic carbocycles. The van der Waals surface area contributed by atoms with E-state index in [0.717, 1.165) is 35.3 Å². The van der Waals surface area contributed by atoms with Crippen molar-refractivity contribution in [2.45, 2.75) is 47.5 Å².